The van der Waals surface area contributed by atoms with E-state index in [0.29, 0.717) is 18.3 Å². The van der Waals surface area contributed by atoms with Crippen LogP contribution >= 0.6 is 0 Å². The average molecular weight is 367 g/mol. The lowest BCUT2D eigenvalue weighted by atomic mass is 10.2. The highest BCUT2D eigenvalue weighted by Crippen LogP contribution is 2.24. The molecule has 0 saturated heterocycles. The highest BCUT2D eigenvalue weighted by Gasteiger charge is 2.21. The van der Waals surface area contributed by atoms with E-state index in [1.165, 1.54) is 36.4 Å². The maximum Gasteiger partial charge on any atom is 0.340 e. The van der Waals surface area contributed by atoms with E-state index in [9.17, 15) is 17.6 Å². The van der Waals surface area contributed by atoms with Gasteiger partial charge in [0.2, 0.25) is 0 Å². The number of carbonyl (C=O) groups is 1. The van der Waals surface area contributed by atoms with Crippen molar-refractivity contribution in [3.8, 4) is 5.75 Å². The van der Waals surface area contributed by atoms with E-state index in [1.807, 2.05) is 13.8 Å². The molecule has 6 nitrogen and oxygen atoms in total. The van der Waals surface area contributed by atoms with Crippen molar-refractivity contribution in [1.82, 2.24) is 0 Å². The summed E-state index contributed by atoms with van der Waals surface area (Å²) in [6.45, 7) is 4.47. The van der Waals surface area contributed by atoms with Gasteiger partial charge in [0.25, 0.3) is 10.0 Å². The number of hydrogen-bond donors (Lipinski definition) is 2. The van der Waals surface area contributed by atoms with Crippen molar-refractivity contribution in [3.05, 3.63) is 53.8 Å². The molecule has 0 spiro atoms. The third-order valence-corrected chi connectivity index (χ3v) is 4.57. The minimum atomic E-state index is -4.07. The van der Waals surface area contributed by atoms with Crippen LogP contribution in [-0.4, -0.2) is 26.1 Å². The first-order valence-corrected chi connectivity index (χ1v) is 8.96. The van der Waals surface area contributed by atoms with E-state index in [0.717, 1.165) is 6.07 Å². The Bertz CT molecular complexity index is 863. The van der Waals surface area contributed by atoms with E-state index < -0.39 is 27.4 Å². The van der Waals surface area contributed by atoms with E-state index >= 15 is 0 Å². The lowest BCUT2D eigenvalue weighted by molar-refractivity contribution is 0.0693. The van der Waals surface area contributed by atoms with Crippen molar-refractivity contribution in [3.63, 3.8) is 0 Å². The summed E-state index contributed by atoms with van der Waals surface area (Å²) in [5.41, 5.74) is -1.07. The maximum atomic E-state index is 13.6. The predicted octanol–water partition coefficient (Wildman–Crippen LogP) is 3.36. The molecule has 0 fully saturated rings. The second-order valence-corrected chi connectivity index (χ2v) is 7.43. The molecule has 2 N–H and O–H groups in total. The van der Waals surface area contributed by atoms with Gasteiger partial charge >= 0.3 is 5.97 Å². The number of hydrogen-bond acceptors (Lipinski definition) is 4. The monoisotopic (exact) mass is 367 g/mol. The molecule has 0 bridgehead atoms. The van der Waals surface area contributed by atoms with Gasteiger partial charge in [-0.05, 0) is 42.3 Å². The lowest BCUT2D eigenvalue weighted by Gasteiger charge is -2.12. The Morgan fingerprint density at radius 2 is 1.84 bits per heavy atom. The van der Waals surface area contributed by atoms with Gasteiger partial charge < -0.3 is 9.84 Å². The number of nitrogens with one attached hydrogen (secondary N) is 1. The summed E-state index contributed by atoms with van der Waals surface area (Å²) in [5, 5.41) is 9.06. The summed E-state index contributed by atoms with van der Waals surface area (Å²) in [6.07, 6.45) is 0. The number of carboxylic acid groups (broad SMARTS) is 1. The Hall–Kier alpha value is -2.61. The number of aromatic carboxylic acids is 1. The highest BCUT2D eigenvalue weighted by atomic mass is 32.2. The summed E-state index contributed by atoms with van der Waals surface area (Å²) in [5.74, 6) is -1.74. The molecule has 0 radical (unpaired) electrons. The molecule has 0 aliphatic carbocycles. The van der Waals surface area contributed by atoms with Crippen LogP contribution in [0.3, 0.4) is 0 Å². The summed E-state index contributed by atoms with van der Waals surface area (Å²) < 4.78 is 46.0. The van der Waals surface area contributed by atoms with Crippen molar-refractivity contribution in [2.24, 2.45) is 5.92 Å². The normalized spacial score (nSPS) is 11.4. The maximum absolute atomic E-state index is 13.6. The van der Waals surface area contributed by atoms with Crippen molar-refractivity contribution in [1.29, 1.82) is 0 Å². The Morgan fingerprint density at radius 1 is 1.20 bits per heavy atom. The zero-order valence-electron chi connectivity index (χ0n) is 13.7. The van der Waals surface area contributed by atoms with Gasteiger partial charge in [0.15, 0.2) is 0 Å². The van der Waals surface area contributed by atoms with E-state index in [1.54, 1.807) is 0 Å². The Kier molecular flexibility index (Phi) is 5.63. The molecule has 0 saturated carbocycles. The van der Waals surface area contributed by atoms with Gasteiger partial charge in [0.05, 0.1) is 17.2 Å². The summed E-state index contributed by atoms with van der Waals surface area (Å²) >= 11 is 0. The summed E-state index contributed by atoms with van der Waals surface area (Å²) in [6, 6.07) is 9.02. The number of ether oxygens (including phenoxy) is 1. The summed E-state index contributed by atoms with van der Waals surface area (Å²) in [7, 11) is -4.07. The molecule has 0 heterocycles. The van der Waals surface area contributed by atoms with Crippen LogP contribution in [0.1, 0.15) is 24.2 Å². The quantitative estimate of drug-likeness (QED) is 0.783. The number of sulfonamides is 1. The van der Waals surface area contributed by atoms with Crippen molar-refractivity contribution in [2.45, 2.75) is 18.7 Å². The van der Waals surface area contributed by atoms with Crippen LogP contribution in [0.5, 0.6) is 5.75 Å². The van der Waals surface area contributed by atoms with Gasteiger partial charge in [-0.25, -0.2) is 17.6 Å². The van der Waals surface area contributed by atoms with Gasteiger partial charge in [-0.1, -0.05) is 19.9 Å². The molecular weight excluding hydrogens is 349 g/mol. The second-order valence-electron chi connectivity index (χ2n) is 5.75. The molecule has 0 atom stereocenters. The fourth-order valence-corrected chi connectivity index (χ4v) is 3.08. The lowest BCUT2D eigenvalue weighted by Crippen LogP contribution is -2.16. The number of carboxylic acids is 1. The largest absolute Gasteiger partial charge is 0.493 e. The van der Waals surface area contributed by atoms with Crippen LogP contribution in [-0.2, 0) is 10.0 Å². The number of halogens is 1. The van der Waals surface area contributed by atoms with Crippen LogP contribution < -0.4 is 9.46 Å². The molecule has 2 aromatic carbocycles. The van der Waals surface area contributed by atoms with Crippen LogP contribution in [0.2, 0.25) is 0 Å². The smallest absolute Gasteiger partial charge is 0.340 e. The molecule has 0 amide bonds. The van der Waals surface area contributed by atoms with Crippen LogP contribution in [0.15, 0.2) is 47.4 Å². The van der Waals surface area contributed by atoms with Crippen LogP contribution in [0.25, 0.3) is 0 Å². The van der Waals surface area contributed by atoms with E-state index in [-0.39, 0.29) is 10.6 Å². The minimum absolute atomic E-state index is 0.0926. The molecule has 2 aromatic rings. The third kappa shape index (κ3) is 4.69. The predicted molar refractivity (Wildman–Crippen MR) is 90.9 cm³/mol. The first kappa shape index (κ1) is 18.7. The van der Waals surface area contributed by atoms with Gasteiger partial charge in [-0.3, -0.25) is 4.72 Å². The van der Waals surface area contributed by atoms with Gasteiger partial charge in [-0.2, -0.15) is 0 Å². The fourth-order valence-electron chi connectivity index (χ4n) is 2.01. The van der Waals surface area contributed by atoms with Gasteiger partial charge in [0.1, 0.15) is 17.1 Å². The average Bonchev–Trinajstić information content (AvgIpc) is 2.52. The molecule has 0 aromatic heterocycles. The Morgan fingerprint density at radius 3 is 2.40 bits per heavy atom. The fraction of sp³-hybridized carbons (Fsp3) is 0.235. The SMILES string of the molecule is CC(C)COc1ccc(S(=O)(=O)Nc2cccc(F)c2C(=O)O)cc1. The Labute approximate surface area is 145 Å². The Balaban J connectivity index is 2.25. The molecule has 2 rings (SSSR count). The van der Waals surface area contributed by atoms with Crippen LogP contribution in [0.4, 0.5) is 10.1 Å². The topological polar surface area (TPSA) is 92.7 Å². The molecular formula is C17H18FNO5S. The standard InChI is InChI=1S/C17H18FNO5S/c1-11(2)10-24-12-6-8-13(9-7-12)25(22,23)19-15-5-3-4-14(18)16(15)17(20)21/h3-9,11,19H,10H2,1-2H3,(H,20,21). The van der Waals surface area contributed by atoms with Crippen molar-refractivity contribution >= 4 is 21.7 Å². The molecule has 0 aliphatic heterocycles. The van der Waals surface area contributed by atoms with Crippen molar-refractivity contribution in [2.75, 3.05) is 11.3 Å². The summed E-state index contributed by atoms with van der Waals surface area (Å²) in [4.78, 5) is 11.1. The van der Waals surface area contributed by atoms with E-state index in [4.69, 9.17) is 9.84 Å². The number of anilines is 1. The zero-order chi connectivity index (χ0) is 18.6. The molecule has 0 aliphatic rings. The number of benzene rings is 2. The molecule has 25 heavy (non-hydrogen) atoms. The van der Waals surface area contributed by atoms with Gasteiger partial charge in [0, 0.05) is 0 Å². The highest BCUT2D eigenvalue weighted by molar-refractivity contribution is 7.92. The minimum Gasteiger partial charge on any atom is -0.493 e. The molecule has 134 valence electrons. The van der Waals surface area contributed by atoms with Gasteiger partial charge in [-0.15, -0.1) is 0 Å². The third-order valence-electron chi connectivity index (χ3n) is 3.19. The zero-order valence-corrected chi connectivity index (χ0v) is 14.5. The second kappa shape index (κ2) is 7.52. The number of rotatable bonds is 7. The van der Waals surface area contributed by atoms with E-state index in [2.05, 4.69) is 4.72 Å². The first-order chi connectivity index (χ1) is 11.7. The first-order valence-electron chi connectivity index (χ1n) is 7.48. The van der Waals surface area contributed by atoms with Crippen LogP contribution in [0, 0.1) is 11.7 Å². The molecule has 8 heteroatoms. The van der Waals surface area contributed by atoms with Crippen molar-refractivity contribution < 1.29 is 27.4 Å². The molecule has 0 unspecified atom stereocenters.